The van der Waals surface area contributed by atoms with E-state index in [-0.39, 0.29) is 19.1 Å². The highest BCUT2D eigenvalue weighted by Gasteiger charge is 2.26. The second-order valence-electron chi connectivity index (χ2n) is 6.80. The summed E-state index contributed by atoms with van der Waals surface area (Å²) in [5.41, 5.74) is 6.60. The predicted molar refractivity (Wildman–Crippen MR) is 95.0 cm³/mol. The maximum absolute atomic E-state index is 13.0. The molecule has 0 aliphatic heterocycles. The minimum absolute atomic E-state index is 0.0466. The summed E-state index contributed by atoms with van der Waals surface area (Å²) in [4.78, 5) is 13.8. The van der Waals surface area contributed by atoms with Gasteiger partial charge >= 0.3 is 6.09 Å². The van der Waals surface area contributed by atoms with Crippen molar-refractivity contribution in [2.45, 2.75) is 32.4 Å². The van der Waals surface area contributed by atoms with Crippen LogP contribution in [0.3, 0.4) is 0 Å². The van der Waals surface area contributed by atoms with Crippen molar-refractivity contribution in [2.75, 3.05) is 25.5 Å². The summed E-state index contributed by atoms with van der Waals surface area (Å²) >= 11 is 0. The van der Waals surface area contributed by atoms with Gasteiger partial charge in [-0.15, -0.1) is 0 Å². The summed E-state index contributed by atoms with van der Waals surface area (Å²) in [6.45, 7) is 4.87. The van der Waals surface area contributed by atoms with Gasteiger partial charge in [-0.2, -0.15) is 5.10 Å². The number of nitrogen functional groups attached to an aromatic ring is 1. The van der Waals surface area contributed by atoms with Crippen molar-refractivity contribution in [3.05, 3.63) is 48.3 Å². The van der Waals surface area contributed by atoms with Gasteiger partial charge in [0.25, 0.3) is 0 Å². The average Bonchev–Trinajstić information content (AvgIpc) is 2.96. The minimum atomic E-state index is -0.651. The maximum Gasteiger partial charge on any atom is 0.410 e. The smallest absolute Gasteiger partial charge is 0.410 e. The number of anilines is 1. The van der Waals surface area contributed by atoms with Gasteiger partial charge in [0.1, 0.15) is 12.3 Å². The van der Waals surface area contributed by atoms with E-state index >= 15 is 0 Å². The van der Waals surface area contributed by atoms with E-state index in [0.717, 1.165) is 5.56 Å². The Morgan fingerprint density at radius 2 is 2.04 bits per heavy atom. The molecule has 0 saturated heterocycles. The molecular weight excluding hydrogens is 323 g/mol. The Bertz CT molecular complexity index is 682. The number of carbonyl (C=O) groups excluding carboxylic acids is 1. The summed E-state index contributed by atoms with van der Waals surface area (Å²) < 4.78 is 20.1. The number of nitrogens with zero attached hydrogens (tertiary/aromatic N) is 3. The molecule has 0 radical (unpaired) electrons. The fourth-order valence-corrected chi connectivity index (χ4v) is 2.43. The Morgan fingerprint density at radius 3 is 2.56 bits per heavy atom. The summed E-state index contributed by atoms with van der Waals surface area (Å²) in [5.74, 6) is 0. The van der Waals surface area contributed by atoms with Gasteiger partial charge in [-0.05, 0) is 26.3 Å². The van der Waals surface area contributed by atoms with E-state index in [2.05, 4.69) is 5.10 Å². The molecule has 0 spiro atoms. The summed E-state index contributed by atoms with van der Waals surface area (Å²) in [5, 5.41) is 4.26. The van der Waals surface area contributed by atoms with E-state index in [1.165, 1.54) is 4.90 Å². The molecule has 136 valence electrons. The fraction of sp³-hybridized carbons (Fsp3) is 0.444. The van der Waals surface area contributed by atoms with Gasteiger partial charge < -0.3 is 15.4 Å². The fourth-order valence-electron chi connectivity index (χ4n) is 2.43. The van der Waals surface area contributed by atoms with Crippen LogP contribution in [0.25, 0.3) is 0 Å². The molecule has 1 atom stereocenters. The lowest BCUT2D eigenvalue weighted by atomic mass is 10.1. The van der Waals surface area contributed by atoms with E-state index in [1.807, 2.05) is 30.3 Å². The molecular formula is C18H25FN4O2. The molecule has 2 N–H and O–H groups in total. The lowest BCUT2D eigenvalue weighted by Gasteiger charge is -2.30. The number of ether oxygens (including phenoxy) is 1. The first-order valence-corrected chi connectivity index (χ1v) is 8.18. The van der Waals surface area contributed by atoms with Crippen LogP contribution in [0.5, 0.6) is 0 Å². The van der Waals surface area contributed by atoms with Gasteiger partial charge in [-0.25, -0.2) is 9.18 Å². The Kier molecular flexibility index (Phi) is 6.01. The standard InChI is InChI=1S/C18H25FN4O2/c1-18(2,3)25-17(24)22(10-9-19)13-16(14-7-5-4-6-8-14)23-12-15(20)11-21-23/h4-8,11-12,16H,9-10,13,20H2,1-3H3. The Morgan fingerprint density at radius 1 is 1.36 bits per heavy atom. The van der Waals surface area contributed by atoms with Gasteiger partial charge in [-0.1, -0.05) is 30.3 Å². The SMILES string of the molecule is CC(C)(C)OC(=O)N(CCF)CC(c1ccccc1)n1cc(N)cn1. The number of carbonyl (C=O) groups is 1. The maximum atomic E-state index is 13.0. The third-order valence-corrected chi connectivity index (χ3v) is 3.52. The lowest BCUT2D eigenvalue weighted by molar-refractivity contribution is 0.0219. The Hall–Kier alpha value is -2.57. The van der Waals surface area contributed by atoms with E-state index in [0.29, 0.717) is 5.69 Å². The zero-order chi connectivity index (χ0) is 18.4. The molecule has 0 aliphatic rings. The molecule has 1 aromatic carbocycles. The van der Waals surface area contributed by atoms with Crippen molar-refractivity contribution >= 4 is 11.8 Å². The van der Waals surface area contributed by atoms with Gasteiger partial charge in [0.2, 0.25) is 0 Å². The quantitative estimate of drug-likeness (QED) is 0.869. The van der Waals surface area contributed by atoms with Crippen molar-refractivity contribution in [2.24, 2.45) is 0 Å². The van der Waals surface area contributed by atoms with Crippen LogP contribution >= 0.6 is 0 Å². The van der Waals surface area contributed by atoms with Crippen LogP contribution in [0, 0.1) is 0 Å². The molecule has 1 heterocycles. The van der Waals surface area contributed by atoms with E-state index < -0.39 is 18.4 Å². The number of aromatic nitrogens is 2. The van der Waals surface area contributed by atoms with E-state index in [4.69, 9.17) is 10.5 Å². The van der Waals surface area contributed by atoms with Crippen molar-refractivity contribution in [3.8, 4) is 0 Å². The molecule has 2 aromatic rings. The van der Waals surface area contributed by atoms with Crippen LogP contribution in [-0.4, -0.2) is 46.1 Å². The molecule has 1 amide bonds. The van der Waals surface area contributed by atoms with Crippen LogP contribution in [0.4, 0.5) is 14.9 Å². The second kappa shape index (κ2) is 8.00. The van der Waals surface area contributed by atoms with Crippen LogP contribution < -0.4 is 5.73 Å². The predicted octanol–water partition coefficient (Wildman–Crippen LogP) is 3.26. The minimum Gasteiger partial charge on any atom is -0.444 e. The average molecular weight is 348 g/mol. The molecule has 7 heteroatoms. The molecule has 0 bridgehead atoms. The van der Waals surface area contributed by atoms with Crippen molar-refractivity contribution < 1.29 is 13.9 Å². The molecule has 1 unspecified atom stereocenters. The third kappa shape index (κ3) is 5.48. The number of rotatable bonds is 6. The van der Waals surface area contributed by atoms with Crippen molar-refractivity contribution in [1.29, 1.82) is 0 Å². The number of alkyl halides is 1. The van der Waals surface area contributed by atoms with Crippen LogP contribution in [0.2, 0.25) is 0 Å². The van der Waals surface area contributed by atoms with Crippen molar-refractivity contribution in [3.63, 3.8) is 0 Å². The molecule has 1 aromatic heterocycles. The number of amides is 1. The molecule has 0 saturated carbocycles. The van der Waals surface area contributed by atoms with Crippen LogP contribution in [0.1, 0.15) is 32.4 Å². The van der Waals surface area contributed by atoms with Gasteiger partial charge in [0, 0.05) is 6.20 Å². The highest BCUT2D eigenvalue weighted by Crippen LogP contribution is 2.21. The zero-order valence-corrected chi connectivity index (χ0v) is 14.9. The molecule has 0 fully saturated rings. The summed E-state index contributed by atoms with van der Waals surface area (Å²) in [6.07, 6.45) is 2.69. The monoisotopic (exact) mass is 348 g/mol. The van der Waals surface area contributed by atoms with Gasteiger partial charge in [0.15, 0.2) is 0 Å². The molecule has 6 nitrogen and oxygen atoms in total. The number of benzene rings is 1. The number of hydrogen-bond donors (Lipinski definition) is 1. The molecule has 2 rings (SSSR count). The third-order valence-electron chi connectivity index (χ3n) is 3.52. The zero-order valence-electron chi connectivity index (χ0n) is 14.9. The largest absolute Gasteiger partial charge is 0.444 e. The lowest BCUT2D eigenvalue weighted by Crippen LogP contribution is -2.41. The highest BCUT2D eigenvalue weighted by molar-refractivity contribution is 5.68. The highest BCUT2D eigenvalue weighted by atomic mass is 19.1. The normalized spacial score (nSPS) is 12.6. The van der Waals surface area contributed by atoms with E-state index in [9.17, 15) is 9.18 Å². The second-order valence-corrected chi connectivity index (χ2v) is 6.80. The number of halogens is 1. The van der Waals surface area contributed by atoms with Crippen LogP contribution in [-0.2, 0) is 4.74 Å². The first-order valence-electron chi connectivity index (χ1n) is 8.18. The van der Waals surface area contributed by atoms with Gasteiger partial charge in [0.05, 0.1) is 31.0 Å². The summed E-state index contributed by atoms with van der Waals surface area (Å²) in [7, 11) is 0. The molecule has 0 aliphatic carbocycles. The van der Waals surface area contributed by atoms with E-state index in [1.54, 1.807) is 37.8 Å². The molecule has 25 heavy (non-hydrogen) atoms. The number of nitrogens with two attached hydrogens (primary N) is 1. The first-order chi connectivity index (χ1) is 11.8. The topological polar surface area (TPSA) is 73.4 Å². The number of hydrogen-bond acceptors (Lipinski definition) is 4. The summed E-state index contributed by atoms with van der Waals surface area (Å²) in [6, 6.07) is 9.30. The van der Waals surface area contributed by atoms with Gasteiger partial charge in [-0.3, -0.25) is 4.68 Å². The Balaban J connectivity index is 2.28. The Labute approximate surface area is 147 Å². The van der Waals surface area contributed by atoms with Crippen molar-refractivity contribution in [1.82, 2.24) is 14.7 Å². The van der Waals surface area contributed by atoms with Crippen LogP contribution in [0.15, 0.2) is 42.7 Å². The first kappa shape index (κ1) is 18.8.